The van der Waals surface area contributed by atoms with Crippen molar-refractivity contribution < 1.29 is 22.7 Å². The van der Waals surface area contributed by atoms with Crippen LogP contribution in [0.1, 0.15) is 43.2 Å². The molecule has 0 heterocycles. The molecule has 1 aliphatic rings. The first kappa shape index (κ1) is 35.4. The molecule has 0 aliphatic heterocycles. The maximum Gasteiger partial charge on any atom is 0.264 e. The summed E-state index contributed by atoms with van der Waals surface area (Å²) in [6.07, 6.45) is 5.22. The molecule has 1 fully saturated rings. The van der Waals surface area contributed by atoms with Gasteiger partial charge in [0, 0.05) is 28.5 Å². The number of sulfonamides is 1. The van der Waals surface area contributed by atoms with Crippen molar-refractivity contribution in [3.63, 3.8) is 0 Å². The van der Waals surface area contributed by atoms with Gasteiger partial charge in [0.2, 0.25) is 11.8 Å². The van der Waals surface area contributed by atoms with Gasteiger partial charge in [0.15, 0.2) is 0 Å². The van der Waals surface area contributed by atoms with Crippen LogP contribution in [0.5, 0.6) is 5.75 Å². The number of hydrogen-bond acceptors (Lipinski definition) is 5. The fraction of sp³-hybridized carbons (Fsp3) is 0.297. The first-order chi connectivity index (χ1) is 23.1. The number of amides is 2. The van der Waals surface area contributed by atoms with Crippen molar-refractivity contribution in [3.8, 4) is 5.75 Å². The maximum atomic E-state index is 14.7. The average Bonchev–Trinajstić information content (AvgIpc) is 3.09. The summed E-state index contributed by atoms with van der Waals surface area (Å²) in [5.74, 6) is -0.305. The van der Waals surface area contributed by atoms with Crippen LogP contribution in [0.4, 0.5) is 5.69 Å². The SMILES string of the molecule is COc1ccc(S(=O)(=O)N(CC(=O)N(Cc2cccc(Br)c2)C(Cc2ccccc2)C(=O)NC2CCCCC2)c2cccc(Cl)c2)cc1. The van der Waals surface area contributed by atoms with E-state index in [1.54, 1.807) is 30.3 Å². The molecule has 48 heavy (non-hydrogen) atoms. The zero-order valence-electron chi connectivity index (χ0n) is 26.7. The van der Waals surface area contributed by atoms with Crippen molar-refractivity contribution in [3.05, 3.63) is 124 Å². The second-order valence-electron chi connectivity index (χ2n) is 11.9. The lowest BCUT2D eigenvalue weighted by molar-refractivity contribution is -0.140. The topological polar surface area (TPSA) is 96.0 Å². The summed E-state index contributed by atoms with van der Waals surface area (Å²) in [5, 5.41) is 3.54. The summed E-state index contributed by atoms with van der Waals surface area (Å²) in [6, 6.07) is 28.5. The summed E-state index contributed by atoms with van der Waals surface area (Å²) < 4.78 is 35.6. The minimum absolute atomic E-state index is 0.0192. The van der Waals surface area contributed by atoms with Gasteiger partial charge in [-0.1, -0.05) is 95.3 Å². The van der Waals surface area contributed by atoms with Crippen molar-refractivity contribution in [1.29, 1.82) is 0 Å². The molecular weight excluding hydrogens is 714 g/mol. The lowest BCUT2D eigenvalue weighted by Crippen LogP contribution is -2.55. The molecule has 5 rings (SSSR count). The van der Waals surface area contributed by atoms with Crippen LogP contribution in [-0.2, 0) is 32.6 Å². The van der Waals surface area contributed by atoms with E-state index >= 15 is 0 Å². The van der Waals surface area contributed by atoms with Crippen LogP contribution in [0.3, 0.4) is 0 Å². The molecule has 0 aromatic heterocycles. The summed E-state index contributed by atoms with van der Waals surface area (Å²) in [5.41, 5.74) is 1.89. The molecule has 1 N–H and O–H groups in total. The fourth-order valence-electron chi connectivity index (χ4n) is 5.97. The number of benzene rings is 4. The number of rotatable bonds is 13. The minimum Gasteiger partial charge on any atom is -0.497 e. The monoisotopic (exact) mass is 751 g/mol. The van der Waals surface area contributed by atoms with E-state index < -0.39 is 28.5 Å². The van der Waals surface area contributed by atoms with Gasteiger partial charge in [0.05, 0.1) is 17.7 Å². The molecule has 1 atom stereocenters. The van der Waals surface area contributed by atoms with Gasteiger partial charge in [-0.3, -0.25) is 13.9 Å². The van der Waals surface area contributed by atoms with E-state index in [-0.39, 0.29) is 35.5 Å². The van der Waals surface area contributed by atoms with Crippen LogP contribution in [0.15, 0.2) is 112 Å². The molecular formula is C37H39BrClN3O5S. The van der Waals surface area contributed by atoms with E-state index in [4.69, 9.17) is 16.3 Å². The number of nitrogens with one attached hydrogen (secondary N) is 1. The number of methoxy groups -OCH3 is 1. The third-order valence-electron chi connectivity index (χ3n) is 8.49. The van der Waals surface area contributed by atoms with E-state index in [2.05, 4.69) is 21.2 Å². The Balaban J connectivity index is 1.56. The lowest BCUT2D eigenvalue weighted by atomic mass is 9.94. The van der Waals surface area contributed by atoms with Crippen LogP contribution >= 0.6 is 27.5 Å². The van der Waals surface area contributed by atoms with E-state index in [0.29, 0.717) is 10.8 Å². The highest BCUT2D eigenvalue weighted by atomic mass is 79.9. The van der Waals surface area contributed by atoms with E-state index in [9.17, 15) is 18.0 Å². The van der Waals surface area contributed by atoms with Gasteiger partial charge in [-0.25, -0.2) is 8.42 Å². The number of nitrogens with zero attached hydrogens (tertiary/aromatic N) is 2. The van der Waals surface area contributed by atoms with Crippen LogP contribution in [0, 0.1) is 0 Å². The molecule has 4 aromatic carbocycles. The number of carbonyl (C=O) groups is 2. The number of hydrogen-bond donors (Lipinski definition) is 1. The van der Waals surface area contributed by atoms with Crippen molar-refractivity contribution >= 4 is 55.1 Å². The van der Waals surface area contributed by atoms with Gasteiger partial charge >= 0.3 is 0 Å². The first-order valence-corrected chi connectivity index (χ1v) is 18.6. The van der Waals surface area contributed by atoms with Crippen molar-refractivity contribution in [1.82, 2.24) is 10.2 Å². The Bertz CT molecular complexity index is 1800. The van der Waals surface area contributed by atoms with Crippen molar-refractivity contribution in [2.75, 3.05) is 18.0 Å². The van der Waals surface area contributed by atoms with Crippen LogP contribution in [0.2, 0.25) is 5.02 Å². The van der Waals surface area contributed by atoms with E-state index in [1.165, 1.54) is 30.2 Å². The standard InChI is InChI=1S/C37H39BrClN3O5S/c1-47-33-18-20-34(21-19-33)48(45,46)42(32-17-9-14-30(39)24-32)26-36(43)41(25-28-12-8-13-29(38)22-28)35(23-27-10-4-2-5-11-27)37(44)40-31-15-6-3-7-16-31/h2,4-5,8-14,17-22,24,31,35H,3,6-7,15-16,23,25-26H2,1H3,(H,40,44). The van der Waals surface area contributed by atoms with Crippen molar-refractivity contribution in [2.45, 2.75) is 62.0 Å². The Morgan fingerprint density at radius 1 is 0.896 bits per heavy atom. The normalized spacial score (nSPS) is 14.1. The average molecular weight is 753 g/mol. The molecule has 0 radical (unpaired) electrons. The highest BCUT2D eigenvalue weighted by Crippen LogP contribution is 2.28. The highest BCUT2D eigenvalue weighted by Gasteiger charge is 2.35. The molecule has 1 unspecified atom stereocenters. The molecule has 8 nitrogen and oxygen atoms in total. The number of ether oxygens (including phenoxy) is 1. The first-order valence-electron chi connectivity index (χ1n) is 15.9. The predicted molar refractivity (Wildman–Crippen MR) is 193 cm³/mol. The Morgan fingerprint density at radius 3 is 2.25 bits per heavy atom. The van der Waals surface area contributed by atoms with Gasteiger partial charge in [0.1, 0.15) is 18.3 Å². The van der Waals surface area contributed by atoms with Crippen molar-refractivity contribution in [2.24, 2.45) is 0 Å². The molecule has 2 amide bonds. The fourth-order valence-corrected chi connectivity index (χ4v) is 8.00. The van der Waals surface area contributed by atoms with Gasteiger partial charge in [0.25, 0.3) is 10.0 Å². The zero-order valence-corrected chi connectivity index (χ0v) is 29.9. The number of carbonyl (C=O) groups excluding carboxylic acids is 2. The third-order valence-corrected chi connectivity index (χ3v) is 11.0. The van der Waals surface area contributed by atoms with Crippen LogP contribution in [-0.4, -0.2) is 50.9 Å². The predicted octanol–water partition coefficient (Wildman–Crippen LogP) is 7.40. The zero-order chi connectivity index (χ0) is 34.1. The molecule has 4 aromatic rings. The molecule has 0 bridgehead atoms. The second-order valence-corrected chi connectivity index (χ2v) is 15.1. The lowest BCUT2D eigenvalue weighted by Gasteiger charge is -2.35. The quantitative estimate of drug-likeness (QED) is 0.154. The summed E-state index contributed by atoms with van der Waals surface area (Å²) in [6.45, 7) is -0.482. The Kier molecular flexibility index (Phi) is 12.2. The summed E-state index contributed by atoms with van der Waals surface area (Å²) in [7, 11) is -2.77. The molecule has 0 spiro atoms. The van der Waals surface area contributed by atoms with E-state index in [0.717, 1.165) is 52.0 Å². The van der Waals surface area contributed by atoms with Crippen LogP contribution in [0.25, 0.3) is 0 Å². The Labute approximate surface area is 296 Å². The van der Waals surface area contributed by atoms with Gasteiger partial charge < -0.3 is 15.0 Å². The number of halogens is 2. The highest BCUT2D eigenvalue weighted by molar-refractivity contribution is 9.10. The summed E-state index contributed by atoms with van der Waals surface area (Å²) in [4.78, 5) is 30.4. The van der Waals surface area contributed by atoms with Gasteiger partial charge in [-0.2, -0.15) is 0 Å². The molecule has 0 saturated heterocycles. The van der Waals surface area contributed by atoms with Gasteiger partial charge in [-0.05, 0) is 78.6 Å². The Hall–Kier alpha value is -3.86. The second kappa shape index (κ2) is 16.5. The smallest absolute Gasteiger partial charge is 0.264 e. The molecule has 11 heteroatoms. The number of anilines is 1. The summed E-state index contributed by atoms with van der Waals surface area (Å²) >= 11 is 9.85. The molecule has 1 saturated carbocycles. The largest absolute Gasteiger partial charge is 0.497 e. The van der Waals surface area contributed by atoms with E-state index in [1.807, 2.05) is 54.6 Å². The third kappa shape index (κ3) is 9.18. The Morgan fingerprint density at radius 2 is 1.58 bits per heavy atom. The molecule has 1 aliphatic carbocycles. The maximum absolute atomic E-state index is 14.7. The van der Waals surface area contributed by atoms with Gasteiger partial charge in [-0.15, -0.1) is 0 Å². The molecule has 252 valence electrons. The minimum atomic E-state index is -4.27. The van der Waals surface area contributed by atoms with Crippen LogP contribution < -0.4 is 14.4 Å².